The Labute approximate surface area is 132 Å². The SMILES string of the molecule is CC1CCNCC1NC(=O)c1sccc1-n1cnnn1.Cl. The highest BCUT2D eigenvalue weighted by molar-refractivity contribution is 7.12. The molecule has 0 radical (unpaired) electrons. The number of nitrogens with zero attached hydrogens (tertiary/aromatic N) is 4. The van der Waals surface area contributed by atoms with Gasteiger partial charge in [0.05, 0.1) is 5.69 Å². The number of hydrogen-bond donors (Lipinski definition) is 2. The van der Waals surface area contributed by atoms with Crippen LogP contribution in [0.4, 0.5) is 0 Å². The average Bonchev–Trinajstić information content (AvgIpc) is 3.11. The molecule has 0 bridgehead atoms. The van der Waals surface area contributed by atoms with Gasteiger partial charge in [0.2, 0.25) is 0 Å². The molecular weight excluding hydrogens is 312 g/mol. The number of tetrazole rings is 1. The lowest BCUT2D eigenvalue weighted by Crippen LogP contribution is -2.50. The van der Waals surface area contributed by atoms with Gasteiger partial charge in [-0.1, -0.05) is 6.92 Å². The van der Waals surface area contributed by atoms with E-state index < -0.39 is 0 Å². The van der Waals surface area contributed by atoms with Gasteiger partial charge in [0, 0.05) is 12.6 Å². The molecule has 3 rings (SSSR count). The Hall–Kier alpha value is -1.51. The van der Waals surface area contributed by atoms with E-state index in [9.17, 15) is 4.79 Å². The first kappa shape index (κ1) is 15.9. The molecule has 3 heterocycles. The summed E-state index contributed by atoms with van der Waals surface area (Å²) in [5, 5.41) is 19.3. The van der Waals surface area contributed by atoms with Gasteiger partial charge in [0.25, 0.3) is 5.91 Å². The number of rotatable bonds is 3. The highest BCUT2D eigenvalue weighted by Gasteiger charge is 2.25. The lowest BCUT2D eigenvalue weighted by atomic mass is 9.95. The average molecular weight is 329 g/mol. The molecule has 2 unspecified atom stereocenters. The van der Waals surface area contributed by atoms with Crippen molar-refractivity contribution in [3.63, 3.8) is 0 Å². The Kier molecular flexibility index (Phi) is 5.27. The first-order valence-corrected chi connectivity index (χ1v) is 7.46. The zero-order chi connectivity index (χ0) is 13.9. The number of carbonyl (C=O) groups is 1. The van der Waals surface area contributed by atoms with Crippen molar-refractivity contribution in [2.24, 2.45) is 5.92 Å². The van der Waals surface area contributed by atoms with Crippen molar-refractivity contribution >= 4 is 29.7 Å². The summed E-state index contributed by atoms with van der Waals surface area (Å²) in [6.45, 7) is 4.00. The van der Waals surface area contributed by atoms with Crippen molar-refractivity contribution < 1.29 is 4.79 Å². The molecule has 1 saturated heterocycles. The largest absolute Gasteiger partial charge is 0.347 e. The molecule has 2 aromatic rings. The molecule has 2 atom stereocenters. The van der Waals surface area contributed by atoms with Crippen molar-refractivity contribution in [2.45, 2.75) is 19.4 Å². The van der Waals surface area contributed by atoms with Crippen molar-refractivity contribution in [3.8, 4) is 5.69 Å². The summed E-state index contributed by atoms with van der Waals surface area (Å²) >= 11 is 1.40. The summed E-state index contributed by atoms with van der Waals surface area (Å²) in [5.41, 5.74) is 0.717. The highest BCUT2D eigenvalue weighted by Crippen LogP contribution is 2.21. The number of halogens is 1. The van der Waals surface area contributed by atoms with Gasteiger partial charge < -0.3 is 10.6 Å². The Morgan fingerprint density at radius 3 is 3.14 bits per heavy atom. The molecule has 2 aromatic heterocycles. The lowest BCUT2D eigenvalue weighted by Gasteiger charge is -2.30. The smallest absolute Gasteiger partial charge is 0.263 e. The van der Waals surface area contributed by atoms with Gasteiger partial charge in [0.15, 0.2) is 0 Å². The van der Waals surface area contributed by atoms with Crippen LogP contribution in [0, 0.1) is 5.92 Å². The van der Waals surface area contributed by atoms with Crippen LogP contribution in [0.1, 0.15) is 23.0 Å². The monoisotopic (exact) mass is 328 g/mol. The number of carbonyl (C=O) groups excluding carboxylic acids is 1. The van der Waals surface area contributed by atoms with Crippen LogP contribution < -0.4 is 10.6 Å². The molecule has 1 fully saturated rings. The van der Waals surface area contributed by atoms with E-state index in [0.717, 1.165) is 19.5 Å². The first-order valence-electron chi connectivity index (χ1n) is 6.58. The number of hydrogen-bond acceptors (Lipinski definition) is 6. The third-order valence-electron chi connectivity index (χ3n) is 3.59. The fourth-order valence-electron chi connectivity index (χ4n) is 2.34. The Morgan fingerprint density at radius 1 is 1.57 bits per heavy atom. The van der Waals surface area contributed by atoms with Crippen LogP contribution in [-0.4, -0.2) is 45.2 Å². The van der Waals surface area contributed by atoms with Gasteiger partial charge in [-0.3, -0.25) is 4.79 Å². The van der Waals surface area contributed by atoms with E-state index in [1.807, 2.05) is 11.4 Å². The van der Waals surface area contributed by atoms with E-state index in [0.29, 0.717) is 16.5 Å². The second-order valence-electron chi connectivity index (χ2n) is 4.94. The molecule has 9 heteroatoms. The van der Waals surface area contributed by atoms with E-state index >= 15 is 0 Å². The van der Waals surface area contributed by atoms with Crippen molar-refractivity contribution in [1.82, 2.24) is 30.8 Å². The predicted octanol–water partition coefficient (Wildman–Crippen LogP) is 0.873. The predicted molar refractivity (Wildman–Crippen MR) is 82.2 cm³/mol. The highest BCUT2D eigenvalue weighted by atomic mass is 35.5. The normalized spacial score (nSPS) is 21.6. The van der Waals surface area contributed by atoms with E-state index in [-0.39, 0.29) is 24.4 Å². The number of amides is 1. The van der Waals surface area contributed by atoms with Gasteiger partial charge >= 0.3 is 0 Å². The van der Waals surface area contributed by atoms with E-state index in [1.54, 1.807) is 0 Å². The van der Waals surface area contributed by atoms with Gasteiger partial charge in [-0.25, -0.2) is 0 Å². The second-order valence-corrected chi connectivity index (χ2v) is 5.86. The third-order valence-corrected chi connectivity index (χ3v) is 4.49. The molecule has 1 amide bonds. The topological polar surface area (TPSA) is 84.7 Å². The molecule has 0 saturated carbocycles. The summed E-state index contributed by atoms with van der Waals surface area (Å²) in [4.78, 5) is 13.1. The van der Waals surface area contributed by atoms with Crippen LogP contribution in [0.15, 0.2) is 17.8 Å². The van der Waals surface area contributed by atoms with Crippen LogP contribution in [-0.2, 0) is 0 Å². The lowest BCUT2D eigenvalue weighted by molar-refractivity contribution is 0.0919. The fourth-order valence-corrected chi connectivity index (χ4v) is 3.12. The Bertz CT molecular complexity index is 586. The summed E-state index contributed by atoms with van der Waals surface area (Å²) < 4.78 is 1.51. The maximum atomic E-state index is 12.4. The summed E-state index contributed by atoms with van der Waals surface area (Å²) in [5.74, 6) is 0.419. The zero-order valence-corrected chi connectivity index (χ0v) is 13.2. The fraction of sp³-hybridized carbons (Fsp3) is 0.500. The minimum absolute atomic E-state index is 0. The van der Waals surface area contributed by atoms with Crippen LogP contribution in [0.25, 0.3) is 5.69 Å². The van der Waals surface area contributed by atoms with E-state index in [4.69, 9.17) is 0 Å². The number of nitrogens with one attached hydrogen (secondary N) is 2. The van der Waals surface area contributed by atoms with Crippen LogP contribution in [0.2, 0.25) is 0 Å². The maximum Gasteiger partial charge on any atom is 0.263 e. The van der Waals surface area contributed by atoms with E-state index in [2.05, 4.69) is 33.1 Å². The summed E-state index contributed by atoms with van der Waals surface area (Å²) in [6.07, 6.45) is 2.57. The molecule has 0 aliphatic carbocycles. The number of thiophene rings is 1. The van der Waals surface area contributed by atoms with Crippen LogP contribution >= 0.6 is 23.7 Å². The standard InChI is InChI=1S/C12H16N6OS.ClH/c1-8-2-4-13-6-9(8)15-12(19)11-10(3-5-20-11)18-7-14-16-17-18;/h3,5,7-9,13H,2,4,6H2,1H3,(H,15,19);1H. The van der Waals surface area contributed by atoms with Gasteiger partial charge in [-0.15, -0.1) is 28.8 Å². The Morgan fingerprint density at radius 2 is 2.43 bits per heavy atom. The number of piperidine rings is 1. The van der Waals surface area contributed by atoms with Crippen molar-refractivity contribution in [2.75, 3.05) is 13.1 Å². The maximum absolute atomic E-state index is 12.4. The van der Waals surface area contributed by atoms with Crippen molar-refractivity contribution in [1.29, 1.82) is 0 Å². The van der Waals surface area contributed by atoms with Gasteiger partial charge in [-0.05, 0) is 40.8 Å². The molecule has 1 aliphatic heterocycles. The summed E-state index contributed by atoms with van der Waals surface area (Å²) in [7, 11) is 0. The first-order chi connectivity index (χ1) is 9.75. The molecule has 0 aromatic carbocycles. The minimum Gasteiger partial charge on any atom is -0.347 e. The summed E-state index contributed by atoms with van der Waals surface area (Å²) in [6, 6.07) is 2.01. The molecular formula is C12H17ClN6OS. The van der Waals surface area contributed by atoms with Gasteiger partial charge in [0.1, 0.15) is 11.2 Å². The molecule has 2 N–H and O–H groups in total. The molecule has 1 aliphatic rings. The second kappa shape index (κ2) is 6.97. The van der Waals surface area contributed by atoms with Gasteiger partial charge in [-0.2, -0.15) is 4.68 Å². The molecule has 114 valence electrons. The van der Waals surface area contributed by atoms with Crippen LogP contribution in [0.5, 0.6) is 0 Å². The third kappa shape index (κ3) is 3.39. The Balaban J connectivity index is 0.00000161. The molecule has 0 spiro atoms. The van der Waals surface area contributed by atoms with Crippen LogP contribution in [0.3, 0.4) is 0 Å². The quantitative estimate of drug-likeness (QED) is 0.873. The molecule has 21 heavy (non-hydrogen) atoms. The van der Waals surface area contributed by atoms with E-state index in [1.165, 1.54) is 22.3 Å². The molecule has 7 nitrogen and oxygen atoms in total. The zero-order valence-electron chi connectivity index (χ0n) is 11.5. The minimum atomic E-state index is -0.0638. The van der Waals surface area contributed by atoms with Crippen molar-refractivity contribution in [3.05, 3.63) is 22.7 Å². The number of aromatic nitrogens is 4.